The molecule has 10 heteroatoms. The van der Waals surface area contributed by atoms with Gasteiger partial charge in [-0.15, -0.1) is 0 Å². The first-order valence-corrected chi connectivity index (χ1v) is 11.8. The summed E-state index contributed by atoms with van der Waals surface area (Å²) in [5, 5.41) is 5.04. The van der Waals surface area contributed by atoms with E-state index in [1.807, 2.05) is 41.3 Å². The number of para-hydroxylation sites is 1. The molecule has 7 nitrogen and oxygen atoms in total. The molecular formula is C20H18ClN3O4S2. The number of aromatic amines is 1. The third kappa shape index (κ3) is 4.06. The first-order valence-electron chi connectivity index (χ1n) is 9.04. The van der Waals surface area contributed by atoms with Crippen molar-refractivity contribution in [2.45, 2.75) is 11.3 Å². The molecule has 0 saturated carbocycles. The molecule has 4 rings (SSSR count). The molecule has 1 aromatic heterocycles. The van der Waals surface area contributed by atoms with Gasteiger partial charge in [0.1, 0.15) is 0 Å². The minimum Gasteiger partial charge on any atom is -0.334 e. The second-order valence-corrected chi connectivity index (χ2v) is 9.79. The summed E-state index contributed by atoms with van der Waals surface area (Å²) in [6.07, 6.45) is 0.179. The van der Waals surface area contributed by atoms with Crippen LogP contribution < -0.4 is 21.0 Å². The molecule has 3 aromatic rings. The molecule has 2 N–H and O–H groups in total. The zero-order valence-electron chi connectivity index (χ0n) is 15.7. The van der Waals surface area contributed by atoms with E-state index in [2.05, 4.69) is 11.7 Å². The van der Waals surface area contributed by atoms with E-state index < -0.39 is 10.1 Å². The minimum atomic E-state index is -4.08. The third-order valence-corrected chi connectivity index (χ3v) is 6.86. The molecule has 0 amide bonds. The largest absolute Gasteiger partial charge is 0.334 e. The standard InChI is InChI=1S/C20H18ClN3O4S2/c1-13-18(19(25)24(22-13)15-6-3-2-4-7-15)20-23(10-5-11-30(26,27)28)16-12-14(21)8-9-17(16)29-20/h2-4,6-9,12,22H,1,5,10-11H2,(H,26,27,28). The summed E-state index contributed by atoms with van der Waals surface area (Å²) in [4.78, 5) is 16.0. The number of hydrogen-bond acceptors (Lipinski definition) is 5. The molecule has 2 heterocycles. The molecule has 0 radical (unpaired) electrons. The van der Waals surface area contributed by atoms with Gasteiger partial charge in [0, 0.05) is 16.5 Å². The summed E-state index contributed by atoms with van der Waals surface area (Å²) >= 11 is 7.57. The van der Waals surface area contributed by atoms with Crippen LogP contribution in [0.15, 0.2) is 58.2 Å². The molecule has 1 aliphatic rings. The normalized spacial score (nSPS) is 15.5. The van der Waals surface area contributed by atoms with E-state index in [9.17, 15) is 13.2 Å². The van der Waals surface area contributed by atoms with E-state index in [0.29, 0.717) is 26.3 Å². The zero-order chi connectivity index (χ0) is 21.5. The molecule has 0 atom stereocenters. The van der Waals surface area contributed by atoms with E-state index in [-0.39, 0.29) is 24.3 Å². The van der Waals surface area contributed by atoms with Crippen LogP contribution in [0.2, 0.25) is 5.02 Å². The Labute approximate surface area is 182 Å². The van der Waals surface area contributed by atoms with Crippen molar-refractivity contribution in [3.8, 4) is 5.69 Å². The van der Waals surface area contributed by atoms with Gasteiger partial charge in [0.05, 0.1) is 32.7 Å². The van der Waals surface area contributed by atoms with E-state index in [4.69, 9.17) is 16.2 Å². The summed E-state index contributed by atoms with van der Waals surface area (Å²) in [6.45, 7) is 4.29. The van der Waals surface area contributed by atoms with Crippen molar-refractivity contribution in [3.05, 3.63) is 74.5 Å². The van der Waals surface area contributed by atoms with E-state index >= 15 is 0 Å². The number of aromatic nitrogens is 2. The molecule has 2 aromatic carbocycles. The maximum atomic E-state index is 13.2. The first-order chi connectivity index (χ1) is 14.2. The fourth-order valence-corrected chi connectivity index (χ4v) is 5.22. The Bertz CT molecular complexity index is 1380. The Hall–Kier alpha value is -2.46. The van der Waals surface area contributed by atoms with Crippen molar-refractivity contribution in [2.24, 2.45) is 0 Å². The molecule has 0 fully saturated rings. The number of H-pyrrole nitrogens is 1. The van der Waals surface area contributed by atoms with Crippen LogP contribution in [0.4, 0.5) is 5.69 Å². The Kier molecular flexibility index (Phi) is 5.54. The van der Waals surface area contributed by atoms with Gasteiger partial charge in [-0.05, 0) is 36.8 Å². The second kappa shape index (κ2) is 7.99. The van der Waals surface area contributed by atoms with Gasteiger partial charge in [0.2, 0.25) is 0 Å². The number of rotatable bonds is 5. The van der Waals surface area contributed by atoms with Gasteiger partial charge in [0.25, 0.3) is 15.7 Å². The summed E-state index contributed by atoms with van der Waals surface area (Å²) in [5.74, 6) is -0.379. The van der Waals surface area contributed by atoms with Gasteiger partial charge in [-0.2, -0.15) is 8.42 Å². The molecule has 0 unspecified atom stereocenters. The van der Waals surface area contributed by atoms with Crippen molar-refractivity contribution < 1.29 is 13.0 Å². The SMILES string of the molecule is C=c1[nH]n(-c2ccccc2)c(=O)c1=C1Sc2ccc(Cl)cc2N1CCCS(=O)(=O)O. The molecule has 0 saturated heterocycles. The molecular weight excluding hydrogens is 446 g/mol. The van der Waals surface area contributed by atoms with E-state index in [1.54, 1.807) is 12.1 Å². The average molecular weight is 464 g/mol. The van der Waals surface area contributed by atoms with Crippen LogP contribution in [0.1, 0.15) is 6.42 Å². The van der Waals surface area contributed by atoms with Crippen molar-refractivity contribution >= 4 is 50.8 Å². The quantitative estimate of drug-likeness (QED) is 0.563. The summed E-state index contributed by atoms with van der Waals surface area (Å²) in [6, 6.07) is 14.5. The second-order valence-electron chi connectivity index (χ2n) is 6.75. The summed E-state index contributed by atoms with van der Waals surface area (Å²) < 4.78 is 32.8. The highest BCUT2D eigenvalue weighted by molar-refractivity contribution is 8.08. The maximum absolute atomic E-state index is 13.2. The lowest BCUT2D eigenvalue weighted by atomic mass is 10.2. The van der Waals surface area contributed by atoms with Crippen LogP contribution in [0, 0.1) is 0 Å². The average Bonchev–Trinajstić information content (AvgIpc) is 3.18. The number of halogens is 1. The lowest BCUT2D eigenvalue weighted by molar-refractivity contribution is 0.481. The smallest absolute Gasteiger partial charge is 0.281 e. The highest BCUT2D eigenvalue weighted by atomic mass is 35.5. The molecule has 0 spiro atoms. The van der Waals surface area contributed by atoms with Crippen LogP contribution >= 0.6 is 23.4 Å². The number of fused-ring (bicyclic) bond motifs is 1. The lowest BCUT2D eigenvalue weighted by Gasteiger charge is -2.20. The number of benzene rings is 2. The molecule has 30 heavy (non-hydrogen) atoms. The Balaban J connectivity index is 1.86. The van der Waals surface area contributed by atoms with Crippen molar-refractivity contribution in [2.75, 3.05) is 17.2 Å². The van der Waals surface area contributed by atoms with Gasteiger partial charge in [-0.25, -0.2) is 4.68 Å². The van der Waals surface area contributed by atoms with Gasteiger partial charge < -0.3 is 4.90 Å². The Morgan fingerprint density at radius 3 is 2.60 bits per heavy atom. The zero-order valence-corrected chi connectivity index (χ0v) is 18.1. The Morgan fingerprint density at radius 1 is 1.17 bits per heavy atom. The highest BCUT2D eigenvalue weighted by Crippen LogP contribution is 2.47. The van der Waals surface area contributed by atoms with Crippen molar-refractivity contribution in [1.82, 2.24) is 9.78 Å². The van der Waals surface area contributed by atoms with E-state index in [0.717, 1.165) is 10.6 Å². The monoisotopic (exact) mass is 463 g/mol. The van der Waals surface area contributed by atoms with Gasteiger partial charge >= 0.3 is 0 Å². The molecule has 0 bridgehead atoms. The predicted molar refractivity (Wildman–Crippen MR) is 120 cm³/mol. The van der Waals surface area contributed by atoms with Crippen LogP contribution in [0.5, 0.6) is 0 Å². The summed E-state index contributed by atoms with van der Waals surface area (Å²) in [7, 11) is -4.08. The van der Waals surface area contributed by atoms with Gasteiger partial charge in [-0.3, -0.25) is 14.4 Å². The van der Waals surface area contributed by atoms with Crippen molar-refractivity contribution in [3.63, 3.8) is 0 Å². The molecule has 1 aliphatic heterocycles. The fraction of sp³-hybridized carbons (Fsp3) is 0.150. The maximum Gasteiger partial charge on any atom is 0.281 e. The third-order valence-electron chi connectivity index (χ3n) is 4.64. The Morgan fingerprint density at radius 2 is 1.90 bits per heavy atom. The topological polar surface area (TPSA) is 95.4 Å². The number of nitrogens with one attached hydrogen (secondary N) is 1. The van der Waals surface area contributed by atoms with Crippen LogP contribution in [-0.2, 0) is 10.1 Å². The highest BCUT2D eigenvalue weighted by Gasteiger charge is 2.28. The molecule has 0 aliphatic carbocycles. The first kappa shape index (κ1) is 20.8. The van der Waals surface area contributed by atoms with Crippen LogP contribution in [-0.4, -0.2) is 35.0 Å². The number of hydrogen-bond donors (Lipinski definition) is 2. The minimum absolute atomic E-state index is 0.179. The van der Waals surface area contributed by atoms with Crippen LogP contribution in [0.3, 0.4) is 0 Å². The fourth-order valence-electron chi connectivity index (χ4n) is 3.33. The predicted octanol–water partition coefficient (Wildman–Crippen LogP) is 2.19. The van der Waals surface area contributed by atoms with Crippen LogP contribution in [0.25, 0.3) is 17.3 Å². The van der Waals surface area contributed by atoms with E-state index in [1.165, 1.54) is 16.4 Å². The summed E-state index contributed by atoms with van der Waals surface area (Å²) in [5.41, 5.74) is 1.21. The van der Waals surface area contributed by atoms with Gasteiger partial charge in [-0.1, -0.05) is 48.1 Å². The van der Waals surface area contributed by atoms with Gasteiger partial charge in [0.15, 0.2) is 0 Å². The lowest BCUT2D eigenvalue weighted by Crippen LogP contribution is -2.39. The number of nitrogens with zero attached hydrogens (tertiary/aromatic N) is 2. The van der Waals surface area contributed by atoms with Crippen molar-refractivity contribution in [1.29, 1.82) is 0 Å². The number of thioether (sulfide) groups is 1. The molecule has 156 valence electrons. The number of anilines is 1.